The molecule has 0 spiro atoms. The third-order valence-electron chi connectivity index (χ3n) is 4.26. The normalized spacial score (nSPS) is 10.4. The molecular weight excluding hydrogens is 290 g/mol. The van der Waals surface area contributed by atoms with Crippen LogP contribution in [0.15, 0.2) is 24.4 Å². The van der Waals surface area contributed by atoms with Gasteiger partial charge >= 0.3 is 0 Å². The highest BCUT2D eigenvalue weighted by atomic mass is 35.5. The van der Waals surface area contributed by atoms with Gasteiger partial charge in [-0.15, -0.1) is 12.4 Å². The first-order chi connectivity index (χ1) is 10.4. The zero-order valence-electron chi connectivity index (χ0n) is 14.6. The SMILES string of the molecule is CCCCCCCCCCCCCCCc1ccccn1.Cl. The van der Waals surface area contributed by atoms with Gasteiger partial charge in [0, 0.05) is 11.9 Å². The van der Waals surface area contributed by atoms with Crippen molar-refractivity contribution >= 4 is 12.4 Å². The minimum atomic E-state index is 0. The van der Waals surface area contributed by atoms with Gasteiger partial charge in [-0.3, -0.25) is 4.98 Å². The van der Waals surface area contributed by atoms with Crippen molar-refractivity contribution in [1.29, 1.82) is 0 Å². The van der Waals surface area contributed by atoms with E-state index in [9.17, 15) is 0 Å². The quantitative estimate of drug-likeness (QED) is 0.331. The molecule has 0 amide bonds. The monoisotopic (exact) mass is 325 g/mol. The van der Waals surface area contributed by atoms with E-state index in [0.717, 1.165) is 6.42 Å². The fourth-order valence-corrected chi connectivity index (χ4v) is 2.87. The molecule has 128 valence electrons. The van der Waals surface area contributed by atoms with E-state index in [0.29, 0.717) is 0 Å². The molecule has 0 N–H and O–H groups in total. The molecule has 1 aromatic rings. The number of aryl methyl sites for hydroxylation is 1. The third-order valence-corrected chi connectivity index (χ3v) is 4.26. The minimum absolute atomic E-state index is 0. The summed E-state index contributed by atoms with van der Waals surface area (Å²) in [6.45, 7) is 2.29. The molecule has 0 radical (unpaired) electrons. The van der Waals surface area contributed by atoms with Gasteiger partial charge in [0.1, 0.15) is 0 Å². The summed E-state index contributed by atoms with van der Waals surface area (Å²) in [5.74, 6) is 0. The molecule has 0 aliphatic carbocycles. The first-order valence-corrected chi connectivity index (χ1v) is 9.33. The van der Waals surface area contributed by atoms with Crippen LogP contribution in [-0.4, -0.2) is 4.98 Å². The van der Waals surface area contributed by atoms with Crippen molar-refractivity contribution in [1.82, 2.24) is 4.98 Å². The highest BCUT2D eigenvalue weighted by Gasteiger charge is 1.95. The summed E-state index contributed by atoms with van der Waals surface area (Å²) in [4.78, 5) is 4.37. The Morgan fingerprint density at radius 3 is 1.64 bits per heavy atom. The maximum absolute atomic E-state index is 4.37. The summed E-state index contributed by atoms with van der Waals surface area (Å²) in [6, 6.07) is 6.22. The lowest BCUT2D eigenvalue weighted by atomic mass is 10.0. The number of aromatic nitrogens is 1. The van der Waals surface area contributed by atoms with Crippen molar-refractivity contribution in [3.8, 4) is 0 Å². The molecule has 1 heterocycles. The van der Waals surface area contributed by atoms with Crippen molar-refractivity contribution in [3.63, 3.8) is 0 Å². The van der Waals surface area contributed by atoms with E-state index in [2.05, 4.69) is 24.0 Å². The minimum Gasteiger partial charge on any atom is -0.261 e. The first kappa shape index (κ1) is 21.4. The molecule has 0 aromatic carbocycles. The average molecular weight is 326 g/mol. The molecule has 1 nitrogen and oxygen atoms in total. The van der Waals surface area contributed by atoms with E-state index in [1.807, 2.05) is 12.3 Å². The molecule has 0 atom stereocenters. The zero-order chi connectivity index (χ0) is 15.0. The van der Waals surface area contributed by atoms with Crippen LogP contribution in [0.5, 0.6) is 0 Å². The second-order valence-corrected chi connectivity index (χ2v) is 6.31. The molecular formula is C20H36ClN. The fraction of sp³-hybridized carbons (Fsp3) is 0.750. The summed E-state index contributed by atoms with van der Waals surface area (Å²) in [7, 11) is 0. The number of hydrogen-bond acceptors (Lipinski definition) is 1. The van der Waals surface area contributed by atoms with Gasteiger partial charge in [0.25, 0.3) is 0 Å². The predicted molar refractivity (Wildman–Crippen MR) is 101 cm³/mol. The average Bonchev–Trinajstić information content (AvgIpc) is 2.53. The second kappa shape index (κ2) is 16.8. The van der Waals surface area contributed by atoms with E-state index < -0.39 is 0 Å². The molecule has 0 fully saturated rings. The first-order valence-electron chi connectivity index (χ1n) is 9.33. The van der Waals surface area contributed by atoms with Crippen LogP contribution in [0.25, 0.3) is 0 Å². The lowest BCUT2D eigenvalue weighted by molar-refractivity contribution is 0.539. The molecule has 2 heteroatoms. The molecule has 0 saturated heterocycles. The number of rotatable bonds is 14. The summed E-state index contributed by atoms with van der Waals surface area (Å²) >= 11 is 0. The van der Waals surface area contributed by atoms with Gasteiger partial charge in [-0.1, -0.05) is 90.0 Å². The highest BCUT2D eigenvalue weighted by molar-refractivity contribution is 5.85. The lowest BCUT2D eigenvalue weighted by Gasteiger charge is -2.03. The second-order valence-electron chi connectivity index (χ2n) is 6.31. The van der Waals surface area contributed by atoms with Gasteiger partial charge in [0.05, 0.1) is 0 Å². The Hall–Kier alpha value is -0.560. The van der Waals surface area contributed by atoms with E-state index in [4.69, 9.17) is 0 Å². The maximum atomic E-state index is 4.37. The summed E-state index contributed by atoms with van der Waals surface area (Å²) < 4.78 is 0. The summed E-state index contributed by atoms with van der Waals surface area (Å²) in [6.07, 6.45) is 21.5. The number of unbranched alkanes of at least 4 members (excludes halogenated alkanes) is 12. The van der Waals surface area contributed by atoms with Gasteiger partial charge < -0.3 is 0 Å². The van der Waals surface area contributed by atoms with Crippen LogP contribution in [0.2, 0.25) is 0 Å². The fourth-order valence-electron chi connectivity index (χ4n) is 2.87. The van der Waals surface area contributed by atoms with Gasteiger partial charge in [-0.25, -0.2) is 0 Å². The smallest absolute Gasteiger partial charge is 0.0403 e. The van der Waals surface area contributed by atoms with Crippen LogP contribution in [-0.2, 0) is 6.42 Å². The lowest BCUT2D eigenvalue weighted by Crippen LogP contribution is -1.89. The van der Waals surface area contributed by atoms with E-state index >= 15 is 0 Å². The van der Waals surface area contributed by atoms with Crippen LogP contribution in [0.4, 0.5) is 0 Å². The standard InChI is InChI=1S/C20H35N.ClH/c1-2-3-4-5-6-7-8-9-10-11-12-13-14-17-20-18-15-16-19-21-20;/h15-16,18-19H,2-14,17H2,1H3;1H. The van der Waals surface area contributed by atoms with Crippen LogP contribution in [0.3, 0.4) is 0 Å². The molecule has 0 bridgehead atoms. The maximum Gasteiger partial charge on any atom is 0.0403 e. The molecule has 22 heavy (non-hydrogen) atoms. The van der Waals surface area contributed by atoms with E-state index in [-0.39, 0.29) is 12.4 Å². The van der Waals surface area contributed by atoms with Crippen LogP contribution in [0.1, 0.15) is 96.1 Å². The topological polar surface area (TPSA) is 12.9 Å². The van der Waals surface area contributed by atoms with Gasteiger partial charge in [-0.05, 0) is 25.0 Å². The molecule has 0 unspecified atom stereocenters. The Labute approximate surface area is 144 Å². The molecule has 1 aromatic heterocycles. The van der Waals surface area contributed by atoms with Gasteiger partial charge in [-0.2, -0.15) is 0 Å². The summed E-state index contributed by atoms with van der Waals surface area (Å²) in [5, 5.41) is 0. The number of nitrogens with zero attached hydrogens (tertiary/aromatic N) is 1. The van der Waals surface area contributed by atoms with Crippen LogP contribution in [0, 0.1) is 0 Å². The zero-order valence-corrected chi connectivity index (χ0v) is 15.4. The Bertz CT molecular complexity index is 313. The Kier molecular flexibility index (Phi) is 16.4. The van der Waals surface area contributed by atoms with Crippen molar-refractivity contribution in [2.75, 3.05) is 0 Å². The van der Waals surface area contributed by atoms with Gasteiger partial charge in [0.15, 0.2) is 0 Å². The van der Waals surface area contributed by atoms with Crippen molar-refractivity contribution < 1.29 is 0 Å². The van der Waals surface area contributed by atoms with E-state index in [1.54, 1.807) is 0 Å². The summed E-state index contributed by atoms with van der Waals surface area (Å²) in [5.41, 5.74) is 1.25. The van der Waals surface area contributed by atoms with Crippen molar-refractivity contribution in [2.45, 2.75) is 96.8 Å². The number of halogens is 1. The Morgan fingerprint density at radius 2 is 1.18 bits per heavy atom. The van der Waals surface area contributed by atoms with Crippen molar-refractivity contribution in [3.05, 3.63) is 30.1 Å². The Morgan fingerprint density at radius 1 is 0.682 bits per heavy atom. The largest absolute Gasteiger partial charge is 0.261 e. The Balaban J connectivity index is 0.00000441. The number of pyridine rings is 1. The predicted octanol–water partition coefficient (Wildman–Crippen LogP) is 7.14. The third kappa shape index (κ3) is 13.1. The van der Waals surface area contributed by atoms with Crippen LogP contribution >= 0.6 is 12.4 Å². The van der Waals surface area contributed by atoms with Gasteiger partial charge in [0.2, 0.25) is 0 Å². The number of hydrogen-bond donors (Lipinski definition) is 0. The highest BCUT2D eigenvalue weighted by Crippen LogP contribution is 2.13. The molecule has 0 aliphatic rings. The van der Waals surface area contributed by atoms with Crippen molar-refractivity contribution in [2.24, 2.45) is 0 Å². The molecule has 0 saturated carbocycles. The molecule has 1 rings (SSSR count). The van der Waals surface area contributed by atoms with Crippen LogP contribution < -0.4 is 0 Å². The molecule has 0 aliphatic heterocycles. The van der Waals surface area contributed by atoms with E-state index in [1.165, 1.54) is 89.2 Å².